The zero-order valence-electron chi connectivity index (χ0n) is 16.3. The molecule has 0 fully saturated rings. The van der Waals surface area contributed by atoms with Gasteiger partial charge in [-0.3, -0.25) is 4.79 Å². The lowest BCUT2D eigenvalue weighted by Gasteiger charge is -2.13. The molecule has 0 aliphatic heterocycles. The van der Waals surface area contributed by atoms with Crippen LogP contribution < -0.4 is 14.9 Å². The lowest BCUT2D eigenvalue weighted by molar-refractivity contribution is -0.120. The quantitative estimate of drug-likeness (QED) is 0.377. The summed E-state index contributed by atoms with van der Waals surface area (Å²) in [5.74, 6) is 0.537. The van der Waals surface area contributed by atoms with E-state index in [9.17, 15) is 9.18 Å². The lowest BCUT2D eigenvalue weighted by Crippen LogP contribution is -2.19. The smallest absolute Gasteiger partial charge is 0.244 e. The van der Waals surface area contributed by atoms with E-state index in [2.05, 4.69) is 26.5 Å². The van der Waals surface area contributed by atoms with Crippen LogP contribution in [0.25, 0.3) is 0 Å². The summed E-state index contributed by atoms with van der Waals surface area (Å²) in [6.45, 7) is 0.270. The normalized spacial score (nSPS) is 10.8. The number of hydrogen-bond acceptors (Lipinski definition) is 4. The molecule has 0 atom stereocenters. The summed E-state index contributed by atoms with van der Waals surface area (Å²) >= 11 is 3.48. The Morgan fingerprint density at radius 2 is 1.80 bits per heavy atom. The second kappa shape index (κ2) is 10.5. The van der Waals surface area contributed by atoms with Gasteiger partial charge in [0.25, 0.3) is 0 Å². The van der Waals surface area contributed by atoms with Crippen molar-refractivity contribution in [3.63, 3.8) is 0 Å². The molecule has 30 heavy (non-hydrogen) atoms. The van der Waals surface area contributed by atoms with E-state index in [1.807, 2.05) is 30.3 Å². The molecule has 0 radical (unpaired) electrons. The van der Waals surface area contributed by atoms with Crippen LogP contribution in [0.5, 0.6) is 11.5 Å². The molecule has 5 nitrogen and oxygen atoms in total. The summed E-state index contributed by atoms with van der Waals surface area (Å²) in [7, 11) is 1.54. The lowest BCUT2D eigenvalue weighted by atomic mass is 10.1. The molecule has 0 heterocycles. The monoisotopic (exact) mass is 470 g/mol. The molecule has 7 heteroatoms. The van der Waals surface area contributed by atoms with Crippen molar-refractivity contribution in [1.82, 2.24) is 5.43 Å². The van der Waals surface area contributed by atoms with E-state index in [-0.39, 0.29) is 24.8 Å². The minimum absolute atomic E-state index is 0.209. The van der Waals surface area contributed by atoms with Crippen molar-refractivity contribution in [1.29, 1.82) is 0 Å². The Bertz CT molecular complexity index is 1020. The topological polar surface area (TPSA) is 59.9 Å². The molecule has 3 rings (SSSR count). The van der Waals surface area contributed by atoms with Crippen LogP contribution in [0.3, 0.4) is 0 Å². The van der Waals surface area contributed by atoms with Crippen molar-refractivity contribution in [2.75, 3.05) is 7.11 Å². The minimum atomic E-state index is -0.293. The Hall–Kier alpha value is -3.19. The molecule has 0 spiro atoms. The van der Waals surface area contributed by atoms with E-state index in [1.54, 1.807) is 24.3 Å². The number of rotatable bonds is 8. The molecule has 0 saturated carbocycles. The average molecular weight is 471 g/mol. The summed E-state index contributed by atoms with van der Waals surface area (Å²) in [5.41, 5.74) is 4.97. The third kappa shape index (κ3) is 6.15. The van der Waals surface area contributed by atoms with Crippen LogP contribution in [-0.4, -0.2) is 19.2 Å². The molecule has 0 saturated heterocycles. The van der Waals surface area contributed by atoms with Crippen molar-refractivity contribution in [3.05, 3.63) is 93.7 Å². The molecule has 0 unspecified atom stereocenters. The number of halogens is 2. The summed E-state index contributed by atoms with van der Waals surface area (Å²) in [6.07, 6.45) is 1.78. The number of ether oxygens (including phenoxy) is 2. The van der Waals surface area contributed by atoms with Gasteiger partial charge in [0.2, 0.25) is 5.91 Å². The molecular formula is C23H20BrFN2O3. The molecule has 0 aliphatic rings. The van der Waals surface area contributed by atoms with E-state index in [0.29, 0.717) is 17.1 Å². The van der Waals surface area contributed by atoms with Gasteiger partial charge in [0.1, 0.15) is 12.4 Å². The highest BCUT2D eigenvalue weighted by Crippen LogP contribution is 2.33. The maximum Gasteiger partial charge on any atom is 0.244 e. The van der Waals surface area contributed by atoms with Gasteiger partial charge in [-0.2, -0.15) is 5.10 Å². The van der Waals surface area contributed by atoms with Crippen LogP contribution >= 0.6 is 15.9 Å². The molecular weight excluding hydrogens is 451 g/mol. The number of amides is 1. The number of methoxy groups -OCH3 is 1. The van der Waals surface area contributed by atoms with Crippen LogP contribution in [0.2, 0.25) is 0 Å². The zero-order chi connectivity index (χ0) is 21.3. The van der Waals surface area contributed by atoms with Crippen LogP contribution in [0.1, 0.15) is 16.7 Å². The van der Waals surface area contributed by atoms with Gasteiger partial charge >= 0.3 is 0 Å². The zero-order valence-corrected chi connectivity index (χ0v) is 17.9. The molecule has 0 aliphatic carbocycles. The van der Waals surface area contributed by atoms with Gasteiger partial charge in [0.15, 0.2) is 11.5 Å². The Morgan fingerprint density at radius 1 is 1.07 bits per heavy atom. The Kier molecular flexibility index (Phi) is 7.57. The second-order valence-corrected chi connectivity index (χ2v) is 7.25. The number of hydrazone groups is 1. The highest BCUT2D eigenvalue weighted by molar-refractivity contribution is 9.10. The average Bonchev–Trinajstić information content (AvgIpc) is 2.75. The number of carbonyl (C=O) groups is 1. The maximum atomic E-state index is 13.0. The first-order valence-electron chi connectivity index (χ1n) is 9.16. The van der Waals surface area contributed by atoms with Crippen molar-refractivity contribution >= 4 is 28.1 Å². The van der Waals surface area contributed by atoms with Crippen LogP contribution in [0, 0.1) is 5.82 Å². The van der Waals surface area contributed by atoms with Gasteiger partial charge in [-0.25, -0.2) is 9.82 Å². The molecule has 3 aromatic rings. The van der Waals surface area contributed by atoms with Gasteiger partial charge in [0.05, 0.1) is 19.7 Å². The Labute approximate surface area is 182 Å². The predicted molar refractivity (Wildman–Crippen MR) is 117 cm³/mol. The van der Waals surface area contributed by atoms with Crippen LogP contribution in [0.4, 0.5) is 4.39 Å². The number of carbonyl (C=O) groups excluding carboxylic acids is 1. The van der Waals surface area contributed by atoms with Crippen molar-refractivity contribution in [2.24, 2.45) is 5.10 Å². The summed E-state index contributed by atoms with van der Waals surface area (Å²) < 4.78 is 24.9. The summed E-state index contributed by atoms with van der Waals surface area (Å²) in [5, 5.41) is 4.02. The number of hydrogen-bond donors (Lipinski definition) is 1. The first-order valence-corrected chi connectivity index (χ1v) is 9.95. The van der Waals surface area contributed by atoms with Gasteiger partial charge in [-0.1, -0.05) is 42.5 Å². The Morgan fingerprint density at radius 3 is 2.50 bits per heavy atom. The fourth-order valence-electron chi connectivity index (χ4n) is 2.66. The van der Waals surface area contributed by atoms with Gasteiger partial charge in [0, 0.05) is 10.0 Å². The molecule has 1 amide bonds. The first-order chi connectivity index (χ1) is 14.5. The standard InChI is InChI=1S/C23H20BrFN2O3/c1-29-21-12-18(14-26-27-23(28)11-16-5-3-2-4-6-16)20(24)13-22(21)30-15-17-7-9-19(25)10-8-17/h2-10,12-14H,11,15H2,1H3,(H,27,28). The third-order valence-electron chi connectivity index (χ3n) is 4.19. The number of benzene rings is 3. The van der Waals surface area contributed by atoms with Crippen LogP contribution in [-0.2, 0) is 17.8 Å². The fourth-order valence-corrected chi connectivity index (χ4v) is 3.08. The SMILES string of the molecule is COc1cc(C=NNC(=O)Cc2ccccc2)c(Br)cc1OCc1ccc(F)cc1. The van der Waals surface area contributed by atoms with Gasteiger partial charge < -0.3 is 9.47 Å². The van der Waals surface area contributed by atoms with Gasteiger partial charge in [-0.05, 0) is 51.3 Å². The van der Waals surface area contributed by atoms with Crippen molar-refractivity contribution in [3.8, 4) is 11.5 Å². The van der Waals surface area contributed by atoms with Crippen LogP contribution in [0.15, 0.2) is 76.3 Å². The van der Waals surface area contributed by atoms with Gasteiger partial charge in [-0.15, -0.1) is 0 Å². The fraction of sp³-hybridized carbons (Fsp3) is 0.130. The van der Waals surface area contributed by atoms with E-state index < -0.39 is 0 Å². The number of nitrogens with one attached hydrogen (secondary N) is 1. The highest BCUT2D eigenvalue weighted by atomic mass is 79.9. The van der Waals surface area contributed by atoms with E-state index in [0.717, 1.165) is 15.6 Å². The number of nitrogens with zero attached hydrogens (tertiary/aromatic N) is 1. The minimum Gasteiger partial charge on any atom is -0.493 e. The van der Waals surface area contributed by atoms with Crippen molar-refractivity contribution in [2.45, 2.75) is 13.0 Å². The predicted octanol–water partition coefficient (Wildman–Crippen LogP) is 4.87. The van der Waals surface area contributed by atoms with Crippen molar-refractivity contribution < 1.29 is 18.7 Å². The second-order valence-electron chi connectivity index (χ2n) is 6.40. The first kappa shape index (κ1) is 21.5. The molecule has 0 bridgehead atoms. The Balaban J connectivity index is 1.63. The summed E-state index contributed by atoms with van der Waals surface area (Å²) in [4.78, 5) is 12.0. The molecule has 3 aromatic carbocycles. The molecule has 1 N–H and O–H groups in total. The third-order valence-corrected chi connectivity index (χ3v) is 4.88. The highest BCUT2D eigenvalue weighted by Gasteiger charge is 2.10. The van der Waals surface area contributed by atoms with E-state index in [1.165, 1.54) is 25.5 Å². The van der Waals surface area contributed by atoms with E-state index in [4.69, 9.17) is 9.47 Å². The van der Waals surface area contributed by atoms with E-state index >= 15 is 0 Å². The molecule has 0 aromatic heterocycles. The summed E-state index contributed by atoms with van der Waals surface area (Å²) in [6, 6.07) is 19.0. The maximum absolute atomic E-state index is 13.0. The largest absolute Gasteiger partial charge is 0.493 e. The molecule has 154 valence electrons.